The van der Waals surface area contributed by atoms with Gasteiger partial charge in [0.05, 0.1) is 17.9 Å². The van der Waals surface area contributed by atoms with Gasteiger partial charge in [-0.3, -0.25) is 9.79 Å². The summed E-state index contributed by atoms with van der Waals surface area (Å²) in [5.41, 5.74) is 0.0619. The molecule has 1 amide bonds. The van der Waals surface area contributed by atoms with E-state index >= 15 is 0 Å². The van der Waals surface area contributed by atoms with Crippen LogP contribution < -0.4 is 10.1 Å². The van der Waals surface area contributed by atoms with Gasteiger partial charge in [-0.15, -0.1) is 0 Å². The third-order valence-corrected chi connectivity index (χ3v) is 5.70. The molecule has 0 saturated carbocycles. The van der Waals surface area contributed by atoms with Crippen LogP contribution in [0, 0.1) is 11.6 Å². The van der Waals surface area contributed by atoms with Gasteiger partial charge in [0, 0.05) is 21.9 Å². The summed E-state index contributed by atoms with van der Waals surface area (Å²) in [6.45, 7) is 1.26. The average molecular weight is 404 g/mol. The minimum absolute atomic E-state index is 0.0765. The molecule has 1 atom stereocenters. The number of hydrogen-bond donors (Lipinski definition) is 1. The number of anilines is 1. The lowest BCUT2D eigenvalue weighted by Gasteiger charge is -2.41. The minimum atomic E-state index is -2.11. The van der Waals surface area contributed by atoms with Crippen molar-refractivity contribution in [2.45, 2.75) is 30.4 Å². The van der Waals surface area contributed by atoms with E-state index in [-0.39, 0.29) is 33.5 Å². The van der Waals surface area contributed by atoms with Gasteiger partial charge in [-0.25, -0.2) is 8.78 Å². The third kappa shape index (κ3) is 3.22. The Morgan fingerprint density at radius 1 is 1.17 bits per heavy atom. The van der Waals surface area contributed by atoms with Gasteiger partial charge in [-0.2, -0.15) is 0 Å². The number of halogens is 2. The second-order valence-electron chi connectivity index (χ2n) is 6.79. The zero-order valence-electron chi connectivity index (χ0n) is 15.2. The molecule has 0 aliphatic carbocycles. The number of carbonyl (C=O) groups is 1. The van der Waals surface area contributed by atoms with Crippen molar-refractivity contribution in [1.29, 1.82) is 0 Å². The van der Waals surface area contributed by atoms with Gasteiger partial charge in [0.1, 0.15) is 54.1 Å². The molecule has 0 saturated heterocycles. The summed E-state index contributed by atoms with van der Waals surface area (Å²) in [4.78, 5) is 16.6. The van der Waals surface area contributed by atoms with Crippen LogP contribution in [-0.4, -0.2) is 59.8 Å². The fourth-order valence-electron chi connectivity index (χ4n) is 2.98. The molecule has 0 unspecified atom stereocenters. The Morgan fingerprint density at radius 2 is 1.83 bits per heavy atom. The number of amides is 1. The number of carbonyl (C=O) groups excluding carboxylic acids is 1. The van der Waals surface area contributed by atoms with Gasteiger partial charge in [0.15, 0.2) is 5.06 Å². The number of nitrogens with one attached hydrogen (secondary N) is 1. The van der Waals surface area contributed by atoms with E-state index in [1.54, 1.807) is 0 Å². The fraction of sp³-hybridized carbons (Fsp3) is 0.294. The molecule has 138 valence electrons. The van der Waals surface area contributed by atoms with Crippen LogP contribution in [0.4, 0.5) is 13.8 Å². The first-order chi connectivity index (χ1) is 13.5. The molecule has 4 rings (SSSR count). The number of fused-ring (bicyclic) bond motifs is 3. The molecule has 3 heterocycles. The van der Waals surface area contributed by atoms with Crippen molar-refractivity contribution in [3.05, 3.63) is 46.5 Å². The van der Waals surface area contributed by atoms with Crippen molar-refractivity contribution in [1.82, 2.24) is 0 Å². The Kier molecular flexibility index (Phi) is 4.70. The summed E-state index contributed by atoms with van der Waals surface area (Å²) >= 11 is 0.952. The van der Waals surface area contributed by atoms with Crippen molar-refractivity contribution in [3.63, 3.8) is 0 Å². The van der Waals surface area contributed by atoms with E-state index < -0.39 is 34.4 Å². The first kappa shape index (κ1) is 20.2. The van der Waals surface area contributed by atoms with Crippen LogP contribution in [0.25, 0.3) is 0 Å². The van der Waals surface area contributed by atoms with Gasteiger partial charge in [-0.1, -0.05) is 17.4 Å². The molecular weight excluding hydrogens is 394 g/mol. The molecule has 8 radical (unpaired) electrons. The zero-order chi connectivity index (χ0) is 21.1. The molecule has 0 fully saturated rings. The quantitative estimate of drug-likeness (QED) is 0.726. The van der Waals surface area contributed by atoms with Gasteiger partial charge in [0.2, 0.25) is 5.91 Å². The average Bonchev–Trinajstić information content (AvgIpc) is 2.83. The lowest BCUT2D eigenvalue weighted by atomic mass is 9.42. The van der Waals surface area contributed by atoms with E-state index in [1.165, 1.54) is 13.0 Å². The lowest BCUT2D eigenvalue weighted by molar-refractivity contribution is -0.116. The Morgan fingerprint density at radius 3 is 2.48 bits per heavy atom. The molecule has 2 aliphatic rings. The summed E-state index contributed by atoms with van der Waals surface area (Å²) < 4.78 is 40.2. The molecule has 1 aromatic heterocycles. The van der Waals surface area contributed by atoms with Crippen LogP contribution in [0.1, 0.15) is 23.6 Å². The van der Waals surface area contributed by atoms with Crippen LogP contribution in [-0.2, 0) is 16.1 Å². The number of hydrogen-bond acceptors (Lipinski definition) is 5. The maximum Gasteiger partial charge on any atom is 0.249 e. The summed E-state index contributed by atoms with van der Waals surface area (Å²) in [5.74, 6) is -2.15. The van der Waals surface area contributed by atoms with Crippen LogP contribution >= 0.6 is 11.3 Å². The Bertz CT molecular complexity index is 1040. The van der Waals surface area contributed by atoms with E-state index in [1.807, 2.05) is 0 Å². The van der Waals surface area contributed by atoms with Crippen LogP contribution in [0.3, 0.4) is 0 Å². The predicted octanol–water partition coefficient (Wildman–Crippen LogP) is 1.09. The SMILES string of the molecule is [B]C1([B])OCc2c(sc3c2C(c2c(F)cccc2F)=N[C@@H](C)C(=O)N3)OC1([B])[B]. The highest BCUT2D eigenvalue weighted by Gasteiger charge is 2.43. The molecule has 1 aromatic carbocycles. The third-order valence-electron chi connectivity index (χ3n) is 4.67. The second-order valence-corrected chi connectivity index (χ2v) is 7.77. The minimum Gasteiger partial charge on any atom is -0.496 e. The molecule has 12 heteroatoms. The maximum absolute atomic E-state index is 14.6. The van der Waals surface area contributed by atoms with Crippen molar-refractivity contribution < 1.29 is 23.0 Å². The number of aliphatic imine (C=N–C) groups is 1. The second kappa shape index (κ2) is 6.74. The van der Waals surface area contributed by atoms with E-state index in [2.05, 4.69) is 10.3 Å². The Balaban J connectivity index is 1.97. The Labute approximate surface area is 174 Å². The molecule has 0 spiro atoms. The van der Waals surface area contributed by atoms with Crippen molar-refractivity contribution in [2.75, 3.05) is 5.32 Å². The van der Waals surface area contributed by atoms with Gasteiger partial charge in [0.25, 0.3) is 0 Å². The molecule has 0 bridgehead atoms. The highest BCUT2D eigenvalue weighted by Crippen LogP contribution is 2.46. The smallest absolute Gasteiger partial charge is 0.249 e. The molecule has 29 heavy (non-hydrogen) atoms. The topological polar surface area (TPSA) is 59.9 Å². The van der Waals surface area contributed by atoms with Gasteiger partial charge in [-0.05, 0) is 19.1 Å². The van der Waals surface area contributed by atoms with E-state index in [0.29, 0.717) is 5.56 Å². The van der Waals surface area contributed by atoms with E-state index in [9.17, 15) is 13.6 Å². The van der Waals surface area contributed by atoms with Crippen molar-refractivity contribution in [3.8, 4) is 5.06 Å². The molecule has 2 aliphatic heterocycles. The van der Waals surface area contributed by atoms with Gasteiger partial charge < -0.3 is 14.8 Å². The summed E-state index contributed by atoms with van der Waals surface area (Å²) in [6.07, 6.45) is 0. The van der Waals surface area contributed by atoms with Crippen molar-refractivity contribution >= 4 is 59.3 Å². The number of benzene rings is 1. The highest BCUT2D eigenvalue weighted by molar-refractivity contribution is 7.18. The number of rotatable bonds is 1. The maximum atomic E-state index is 14.6. The first-order valence-electron chi connectivity index (χ1n) is 8.49. The van der Waals surface area contributed by atoms with Crippen LogP contribution in [0.2, 0.25) is 0 Å². The Hall–Kier alpha value is -2.06. The predicted molar refractivity (Wildman–Crippen MR) is 108 cm³/mol. The fourth-order valence-corrected chi connectivity index (χ4v) is 4.10. The largest absolute Gasteiger partial charge is 0.496 e. The van der Waals surface area contributed by atoms with E-state index in [0.717, 1.165) is 23.5 Å². The summed E-state index contributed by atoms with van der Waals surface area (Å²) in [5, 5.41) is -1.10. The standard InChI is InChI=1S/C17H10B4F2N2O3S/c1-6-13(26)25-14-10(12(24-6)11-8(22)3-2-4-9(11)23)7-5-27-16(18,19)17(20,21)28-15(7)29-14/h2-4,6H,5H2,1H3,(H,25,26)/t6-/m0/s1. The molecule has 1 N–H and O–H groups in total. The number of nitrogens with zero attached hydrogens (tertiary/aromatic N) is 1. The summed E-state index contributed by atoms with van der Waals surface area (Å²) in [7, 11) is 23.3. The van der Waals surface area contributed by atoms with Crippen LogP contribution in [0.5, 0.6) is 5.06 Å². The molecular formula is C17H10B4F2N2O3S. The summed E-state index contributed by atoms with van der Waals surface area (Å²) in [6, 6.07) is 2.52. The first-order valence-corrected chi connectivity index (χ1v) is 9.31. The van der Waals surface area contributed by atoms with E-state index in [4.69, 9.17) is 40.9 Å². The van der Waals surface area contributed by atoms with Crippen LogP contribution in [0.15, 0.2) is 23.2 Å². The lowest BCUT2D eigenvalue weighted by Crippen LogP contribution is -2.61. The monoisotopic (exact) mass is 404 g/mol. The number of thiophene rings is 1. The zero-order valence-corrected chi connectivity index (χ0v) is 16.0. The molecule has 2 aromatic rings. The normalized spacial score (nSPS) is 22.2. The highest BCUT2D eigenvalue weighted by atomic mass is 32.1. The molecule has 5 nitrogen and oxygen atoms in total. The van der Waals surface area contributed by atoms with Crippen molar-refractivity contribution in [2.24, 2.45) is 4.99 Å². The van der Waals surface area contributed by atoms with Gasteiger partial charge >= 0.3 is 0 Å². The number of ether oxygens (including phenoxy) is 2.